The zero-order valence-electron chi connectivity index (χ0n) is 10.6. The lowest BCUT2D eigenvalue weighted by Crippen LogP contribution is -2.04. The molecule has 2 aromatic carbocycles. The normalized spacial score (nSPS) is 10.3. The predicted molar refractivity (Wildman–Crippen MR) is 82.7 cm³/mol. The molecule has 0 heterocycles. The largest absolute Gasteiger partial charge is 0.465 e. The van der Waals surface area contributed by atoms with Gasteiger partial charge in [-0.25, -0.2) is 4.79 Å². The molecule has 0 aliphatic heterocycles. The van der Waals surface area contributed by atoms with Crippen LogP contribution in [0.15, 0.2) is 51.8 Å². The second-order valence-corrected chi connectivity index (χ2v) is 5.65. The van der Waals surface area contributed by atoms with Gasteiger partial charge in [-0.05, 0) is 35.6 Å². The van der Waals surface area contributed by atoms with Crippen LogP contribution < -0.4 is 0 Å². The third kappa shape index (κ3) is 3.01. The molecule has 2 nitrogen and oxygen atoms in total. The van der Waals surface area contributed by atoms with Crippen LogP contribution in [0.3, 0.4) is 0 Å². The third-order valence-corrected chi connectivity index (χ3v) is 4.07. The van der Waals surface area contributed by atoms with Crippen molar-refractivity contribution in [1.29, 1.82) is 0 Å². The Labute approximate surface area is 125 Å². The minimum Gasteiger partial charge on any atom is -0.465 e. The van der Waals surface area contributed by atoms with Crippen LogP contribution in [-0.4, -0.2) is 19.3 Å². The highest BCUT2D eigenvalue weighted by molar-refractivity contribution is 9.10. The van der Waals surface area contributed by atoms with Gasteiger partial charge in [0.15, 0.2) is 0 Å². The quantitative estimate of drug-likeness (QED) is 0.604. The summed E-state index contributed by atoms with van der Waals surface area (Å²) in [5, 5.41) is 0. The number of carbonyl (C=O) groups excluding carboxylic acids is 1. The Morgan fingerprint density at radius 2 is 1.89 bits per heavy atom. The van der Waals surface area contributed by atoms with Crippen molar-refractivity contribution in [1.82, 2.24) is 0 Å². The summed E-state index contributed by atoms with van der Waals surface area (Å²) in [6.07, 6.45) is 2.02. The summed E-state index contributed by atoms with van der Waals surface area (Å²) in [6.45, 7) is 0. The van der Waals surface area contributed by atoms with Crippen molar-refractivity contribution in [2.24, 2.45) is 0 Å². The van der Waals surface area contributed by atoms with Crippen molar-refractivity contribution in [2.45, 2.75) is 4.90 Å². The number of rotatable bonds is 3. The maximum atomic E-state index is 11.9. The Morgan fingerprint density at radius 3 is 2.58 bits per heavy atom. The molecule has 98 valence electrons. The van der Waals surface area contributed by atoms with Gasteiger partial charge in [-0.2, -0.15) is 0 Å². The number of ether oxygens (including phenoxy) is 1. The summed E-state index contributed by atoms with van der Waals surface area (Å²) in [6, 6.07) is 13.7. The molecule has 0 saturated heterocycles. The molecule has 0 bridgehead atoms. The molecule has 19 heavy (non-hydrogen) atoms. The van der Waals surface area contributed by atoms with Crippen LogP contribution >= 0.6 is 27.7 Å². The van der Waals surface area contributed by atoms with E-state index in [1.54, 1.807) is 17.8 Å². The van der Waals surface area contributed by atoms with Gasteiger partial charge in [0.25, 0.3) is 0 Å². The van der Waals surface area contributed by atoms with Crippen molar-refractivity contribution in [2.75, 3.05) is 13.4 Å². The van der Waals surface area contributed by atoms with Crippen LogP contribution in [-0.2, 0) is 4.74 Å². The molecule has 0 atom stereocenters. The van der Waals surface area contributed by atoms with E-state index in [9.17, 15) is 4.79 Å². The number of hydrogen-bond acceptors (Lipinski definition) is 3. The number of methoxy groups -OCH3 is 1. The van der Waals surface area contributed by atoms with Crippen molar-refractivity contribution in [3.05, 3.63) is 52.5 Å². The molecule has 0 spiro atoms. The van der Waals surface area contributed by atoms with E-state index < -0.39 is 0 Å². The molecule has 0 N–H and O–H groups in total. The second-order valence-electron chi connectivity index (χ2n) is 3.88. The fraction of sp³-hybridized carbons (Fsp3) is 0.133. The van der Waals surface area contributed by atoms with E-state index in [-0.39, 0.29) is 5.97 Å². The fourth-order valence-corrected chi connectivity index (χ4v) is 2.87. The van der Waals surface area contributed by atoms with E-state index >= 15 is 0 Å². The van der Waals surface area contributed by atoms with Crippen molar-refractivity contribution in [3.63, 3.8) is 0 Å². The molecule has 2 aromatic rings. The lowest BCUT2D eigenvalue weighted by molar-refractivity contribution is 0.0601. The van der Waals surface area contributed by atoms with Crippen LogP contribution in [0.4, 0.5) is 0 Å². The zero-order valence-corrected chi connectivity index (χ0v) is 13.0. The molecular formula is C15H13BrO2S. The van der Waals surface area contributed by atoms with E-state index in [1.807, 2.05) is 42.7 Å². The Kier molecular flexibility index (Phi) is 4.66. The summed E-state index contributed by atoms with van der Waals surface area (Å²) in [4.78, 5) is 13.0. The minimum atomic E-state index is -0.327. The third-order valence-electron chi connectivity index (χ3n) is 2.78. The van der Waals surface area contributed by atoms with Gasteiger partial charge in [0.2, 0.25) is 0 Å². The fourth-order valence-electron chi connectivity index (χ4n) is 1.90. The molecule has 0 aliphatic rings. The van der Waals surface area contributed by atoms with Gasteiger partial charge in [-0.3, -0.25) is 0 Å². The van der Waals surface area contributed by atoms with Gasteiger partial charge in [0.05, 0.1) is 12.7 Å². The average molecular weight is 337 g/mol. The summed E-state index contributed by atoms with van der Waals surface area (Å²) in [5.74, 6) is -0.327. The van der Waals surface area contributed by atoms with E-state index in [0.717, 1.165) is 20.5 Å². The van der Waals surface area contributed by atoms with Crippen LogP contribution in [0.2, 0.25) is 0 Å². The summed E-state index contributed by atoms with van der Waals surface area (Å²) >= 11 is 5.05. The molecule has 0 radical (unpaired) electrons. The number of carbonyl (C=O) groups is 1. The number of esters is 1. The van der Waals surface area contributed by atoms with E-state index in [0.29, 0.717) is 5.56 Å². The van der Waals surface area contributed by atoms with Crippen molar-refractivity contribution >= 4 is 33.7 Å². The molecule has 4 heteroatoms. The number of hydrogen-bond donors (Lipinski definition) is 0. The maximum absolute atomic E-state index is 11.9. The number of thioether (sulfide) groups is 1. The zero-order chi connectivity index (χ0) is 13.8. The molecule has 0 saturated carbocycles. The van der Waals surface area contributed by atoms with Crippen LogP contribution in [0.1, 0.15) is 10.4 Å². The number of halogens is 1. The second kappa shape index (κ2) is 6.26. The molecule has 0 aliphatic carbocycles. The minimum absolute atomic E-state index is 0.327. The first-order valence-corrected chi connectivity index (χ1v) is 7.70. The van der Waals surface area contributed by atoms with Gasteiger partial charge in [-0.15, -0.1) is 11.8 Å². The van der Waals surface area contributed by atoms with Gasteiger partial charge in [-0.1, -0.05) is 40.2 Å². The van der Waals surface area contributed by atoms with Gasteiger partial charge in [0.1, 0.15) is 0 Å². The first-order valence-electron chi connectivity index (χ1n) is 5.68. The monoisotopic (exact) mass is 336 g/mol. The summed E-state index contributed by atoms with van der Waals surface area (Å²) in [7, 11) is 1.40. The Morgan fingerprint density at radius 1 is 1.16 bits per heavy atom. The highest BCUT2D eigenvalue weighted by Crippen LogP contribution is 2.33. The Hall–Kier alpha value is -1.26. The van der Waals surface area contributed by atoms with Crippen molar-refractivity contribution in [3.8, 4) is 11.1 Å². The molecule has 0 amide bonds. The average Bonchev–Trinajstić information content (AvgIpc) is 2.46. The smallest absolute Gasteiger partial charge is 0.338 e. The summed E-state index contributed by atoms with van der Waals surface area (Å²) in [5.41, 5.74) is 2.50. The molecule has 0 aromatic heterocycles. The first-order chi connectivity index (χ1) is 9.17. The van der Waals surface area contributed by atoms with Crippen LogP contribution in [0.25, 0.3) is 11.1 Å². The topological polar surface area (TPSA) is 26.3 Å². The SMILES string of the molecule is COC(=O)c1cc(Br)ccc1-c1ccccc1SC. The van der Waals surface area contributed by atoms with Crippen LogP contribution in [0.5, 0.6) is 0 Å². The van der Waals surface area contributed by atoms with Gasteiger partial charge < -0.3 is 4.74 Å². The van der Waals surface area contributed by atoms with Gasteiger partial charge in [0, 0.05) is 9.37 Å². The highest BCUT2D eigenvalue weighted by atomic mass is 79.9. The predicted octanol–water partition coefficient (Wildman–Crippen LogP) is 4.62. The van der Waals surface area contributed by atoms with Crippen LogP contribution in [0, 0.1) is 0 Å². The van der Waals surface area contributed by atoms with Crippen molar-refractivity contribution < 1.29 is 9.53 Å². The Balaban J connectivity index is 2.65. The standard InChI is InChI=1S/C15H13BrO2S/c1-18-15(17)13-9-10(16)7-8-11(13)12-5-3-4-6-14(12)19-2/h3-9H,1-2H3. The molecule has 2 rings (SSSR count). The van der Waals surface area contributed by atoms with E-state index in [4.69, 9.17) is 4.74 Å². The van der Waals surface area contributed by atoms with E-state index in [2.05, 4.69) is 15.9 Å². The first kappa shape index (κ1) is 14.2. The maximum Gasteiger partial charge on any atom is 0.338 e. The Bertz CT molecular complexity index is 611. The van der Waals surface area contributed by atoms with Gasteiger partial charge >= 0.3 is 5.97 Å². The highest BCUT2D eigenvalue weighted by Gasteiger charge is 2.15. The molecule has 0 unspecified atom stereocenters. The van der Waals surface area contributed by atoms with E-state index in [1.165, 1.54) is 7.11 Å². The molecule has 0 fully saturated rings. The lowest BCUT2D eigenvalue weighted by Gasteiger charge is -2.12. The number of benzene rings is 2. The molecular weight excluding hydrogens is 324 g/mol. The summed E-state index contributed by atoms with van der Waals surface area (Å²) < 4.78 is 5.72. The lowest BCUT2D eigenvalue weighted by atomic mass is 10.00.